The van der Waals surface area contributed by atoms with Crippen molar-refractivity contribution in [1.82, 2.24) is 10.4 Å². The Bertz CT molecular complexity index is 1110. The summed E-state index contributed by atoms with van der Waals surface area (Å²) in [6.45, 7) is 1.93. The van der Waals surface area contributed by atoms with Crippen molar-refractivity contribution in [3.8, 4) is 11.8 Å². The summed E-state index contributed by atoms with van der Waals surface area (Å²) in [5.74, 6) is 5.60. The Labute approximate surface area is 180 Å². The highest BCUT2D eigenvalue weighted by Crippen LogP contribution is 2.47. The number of thioether (sulfide) groups is 1. The molecular formula is C25H20N2O2S. The third-order valence-corrected chi connectivity index (χ3v) is 6.33. The molecule has 0 spiro atoms. The SMILES string of the molecule is CC1(c2ccccc2)SC(C#Cc2ccccc2)C(=O)N1NC(=O)c1ccccc1. The van der Waals surface area contributed by atoms with E-state index in [0.29, 0.717) is 5.56 Å². The molecule has 0 aliphatic carbocycles. The maximum atomic E-state index is 13.3. The van der Waals surface area contributed by atoms with Crippen LogP contribution >= 0.6 is 11.8 Å². The van der Waals surface area contributed by atoms with Crippen LogP contribution in [0.1, 0.15) is 28.4 Å². The van der Waals surface area contributed by atoms with Crippen LogP contribution in [-0.4, -0.2) is 22.1 Å². The molecule has 5 heteroatoms. The van der Waals surface area contributed by atoms with Crippen LogP contribution in [0.15, 0.2) is 91.0 Å². The molecule has 2 atom stereocenters. The first-order valence-electron chi connectivity index (χ1n) is 9.58. The minimum Gasteiger partial charge on any atom is -0.271 e. The third kappa shape index (κ3) is 3.96. The first-order valence-corrected chi connectivity index (χ1v) is 10.5. The Morgan fingerprint density at radius 2 is 1.50 bits per heavy atom. The van der Waals surface area contributed by atoms with Gasteiger partial charge in [0.25, 0.3) is 11.8 Å². The van der Waals surface area contributed by atoms with Gasteiger partial charge in [0.15, 0.2) is 0 Å². The highest BCUT2D eigenvalue weighted by molar-refractivity contribution is 8.02. The molecule has 0 bridgehead atoms. The number of nitrogens with one attached hydrogen (secondary N) is 1. The predicted molar refractivity (Wildman–Crippen MR) is 119 cm³/mol. The summed E-state index contributed by atoms with van der Waals surface area (Å²) in [5.41, 5.74) is 5.07. The number of hydrogen-bond acceptors (Lipinski definition) is 3. The molecule has 1 fully saturated rings. The third-order valence-electron chi connectivity index (χ3n) is 4.90. The zero-order valence-corrected chi connectivity index (χ0v) is 17.2. The van der Waals surface area contributed by atoms with Gasteiger partial charge in [-0.25, -0.2) is 5.01 Å². The lowest BCUT2D eigenvalue weighted by Crippen LogP contribution is -2.52. The molecule has 0 saturated carbocycles. The first-order chi connectivity index (χ1) is 14.6. The van der Waals surface area contributed by atoms with Gasteiger partial charge in [-0.3, -0.25) is 15.0 Å². The number of benzene rings is 3. The number of amides is 2. The zero-order valence-electron chi connectivity index (χ0n) is 16.4. The van der Waals surface area contributed by atoms with Crippen molar-refractivity contribution >= 4 is 23.6 Å². The summed E-state index contributed by atoms with van der Waals surface area (Å²) >= 11 is 1.43. The molecule has 2 amide bonds. The summed E-state index contributed by atoms with van der Waals surface area (Å²) in [5, 5.41) is 0.832. The molecule has 4 nitrogen and oxygen atoms in total. The van der Waals surface area contributed by atoms with Crippen molar-refractivity contribution in [2.45, 2.75) is 17.0 Å². The van der Waals surface area contributed by atoms with E-state index in [9.17, 15) is 9.59 Å². The smallest absolute Gasteiger partial charge is 0.269 e. The van der Waals surface area contributed by atoms with Crippen LogP contribution in [0.3, 0.4) is 0 Å². The number of carbonyl (C=O) groups is 2. The zero-order chi connectivity index (χ0) is 21.0. The van der Waals surface area contributed by atoms with Gasteiger partial charge in [0.1, 0.15) is 10.1 Å². The van der Waals surface area contributed by atoms with Crippen LogP contribution in [0.2, 0.25) is 0 Å². The lowest BCUT2D eigenvalue weighted by Gasteiger charge is -2.34. The molecule has 1 saturated heterocycles. The molecule has 0 radical (unpaired) electrons. The minimum atomic E-state index is -0.779. The van der Waals surface area contributed by atoms with E-state index >= 15 is 0 Å². The lowest BCUT2D eigenvalue weighted by molar-refractivity contribution is -0.134. The molecule has 1 aliphatic heterocycles. The molecule has 2 unspecified atom stereocenters. The quantitative estimate of drug-likeness (QED) is 0.656. The van der Waals surface area contributed by atoms with Gasteiger partial charge in [-0.1, -0.05) is 78.6 Å². The van der Waals surface area contributed by atoms with Crippen LogP contribution < -0.4 is 5.43 Å². The van der Waals surface area contributed by atoms with E-state index in [1.807, 2.05) is 73.7 Å². The molecule has 1 N–H and O–H groups in total. The summed E-state index contributed by atoms with van der Waals surface area (Å²) in [6, 6.07) is 28.1. The normalized spacial score (nSPS) is 20.4. The van der Waals surface area contributed by atoms with Crippen molar-refractivity contribution < 1.29 is 9.59 Å². The molecule has 4 rings (SSSR count). The molecular weight excluding hydrogens is 392 g/mol. The number of carbonyl (C=O) groups excluding carboxylic acids is 2. The Balaban J connectivity index is 1.67. The Morgan fingerprint density at radius 1 is 0.933 bits per heavy atom. The van der Waals surface area contributed by atoms with Gasteiger partial charge in [-0.05, 0) is 36.8 Å². The van der Waals surface area contributed by atoms with E-state index < -0.39 is 10.1 Å². The molecule has 1 heterocycles. The molecule has 1 aliphatic rings. The van der Waals surface area contributed by atoms with Crippen molar-refractivity contribution in [2.24, 2.45) is 0 Å². The maximum absolute atomic E-state index is 13.3. The van der Waals surface area contributed by atoms with Gasteiger partial charge in [0, 0.05) is 11.1 Å². The summed E-state index contributed by atoms with van der Waals surface area (Å²) in [6.07, 6.45) is 0. The molecule has 30 heavy (non-hydrogen) atoms. The second-order valence-corrected chi connectivity index (χ2v) is 8.46. The fourth-order valence-corrected chi connectivity index (χ4v) is 4.58. The average molecular weight is 413 g/mol. The second-order valence-electron chi connectivity index (χ2n) is 6.96. The van der Waals surface area contributed by atoms with Crippen molar-refractivity contribution in [3.05, 3.63) is 108 Å². The minimum absolute atomic E-state index is 0.237. The van der Waals surface area contributed by atoms with E-state index in [-0.39, 0.29) is 11.8 Å². The summed E-state index contributed by atoms with van der Waals surface area (Å²) in [4.78, 5) is 25.3. The molecule has 148 valence electrons. The Morgan fingerprint density at radius 3 is 2.13 bits per heavy atom. The Hall–Kier alpha value is -3.49. The van der Waals surface area contributed by atoms with Crippen LogP contribution in [0.25, 0.3) is 0 Å². The summed E-state index contributed by atoms with van der Waals surface area (Å²) < 4.78 is 0. The number of hydrogen-bond donors (Lipinski definition) is 1. The first kappa shape index (κ1) is 19.8. The Kier molecular flexibility index (Phi) is 5.60. The van der Waals surface area contributed by atoms with Crippen LogP contribution in [0, 0.1) is 11.8 Å². The highest BCUT2D eigenvalue weighted by atomic mass is 32.2. The van der Waals surface area contributed by atoms with Crippen molar-refractivity contribution in [2.75, 3.05) is 0 Å². The van der Waals surface area contributed by atoms with Crippen molar-refractivity contribution in [1.29, 1.82) is 0 Å². The van der Waals surface area contributed by atoms with E-state index in [0.717, 1.165) is 11.1 Å². The number of nitrogens with zero attached hydrogens (tertiary/aromatic N) is 1. The number of rotatable bonds is 3. The van der Waals surface area contributed by atoms with Gasteiger partial charge in [-0.15, -0.1) is 11.8 Å². The topological polar surface area (TPSA) is 49.4 Å². The van der Waals surface area contributed by atoms with Gasteiger partial charge in [0.05, 0.1) is 0 Å². The fourth-order valence-electron chi connectivity index (χ4n) is 3.28. The fraction of sp³-hybridized carbons (Fsp3) is 0.120. The van der Waals surface area contributed by atoms with E-state index in [2.05, 4.69) is 17.3 Å². The van der Waals surface area contributed by atoms with Gasteiger partial charge in [-0.2, -0.15) is 0 Å². The van der Waals surface area contributed by atoms with Gasteiger partial charge >= 0.3 is 0 Å². The standard InChI is InChI=1S/C25H20N2O2S/c1-25(21-15-9-4-10-16-21)27(26-23(28)20-13-7-3-8-14-20)24(29)22(30-25)18-17-19-11-5-2-6-12-19/h2-16,22H,1H3,(H,26,28). The molecule has 0 aromatic heterocycles. The largest absolute Gasteiger partial charge is 0.271 e. The van der Waals surface area contributed by atoms with E-state index in [4.69, 9.17) is 0 Å². The number of hydrazine groups is 1. The van der Waals surface area contributed by atoms with E-state index in [1.165, 1.54) is 16.8 Å². The van der Waals surface area contributed by atoms with Crippen LogP contribution in [-0.2, 0) is 9.67 Å². The average Bonchev–Trinajstić information content (AvgIpc) is 3.05. The monoisotopic (exact) mass is 412 g/mol. The predicted octanol–water partition coefficient (Wildman–Crippen LogP) is 4.20. The van der Waals surface area contributed by atoms with Gasteiger partial charge < -0.3 is 0 Å². The summed E-state index contributed by atoms with van der Waals surface area (Å²) in [7, 11) is 0. The van der Waals surface area contributed by atoms with Crippen LogP contribution in [0.4, 0.5) is 0 Å². The highest BCUT2D eigenvalue weighted by Gasteiger charge is 2.50. The van der Waals surface area contributed by atoms with Crippen molar-refractivity contribution in [3.63, 3.8) is 0 Å². The maximum Gasteiger partial charge on any atom is 0.269 e. The van der Waals surface area contributed by atoms with Crippen LogP contribution in [0.5, 0.6) is 0 Å². The van der Waals surface area contributed by atoms with Gasteiger partial charge in [0.2, 0.25) is 0 Å². The molecule has 3 aromatic rings. The molecule has 3 aromatic carbocycles. The second kappa shape index (κ2) is 8.48. The lowest BCUT2D eigenvalue weighted by atomic mass is 10.1. The van der Waals surface area contributed by atoms with E-state index in [1.54, 1.807) is 24.3 Å².